The summed E-state index contributed by atoms with van der Waals surface area (Å²) >= 11 is 5.88. The van der Waals surface area contributed by atoms with Crippen molar-refractivity contribution < 1.29 is 13.3 Å². The van der Waals surface area contributed by atoms with Crippen LogP contribution >= 0.6 is 11.6 Å². The Hall–Kier alpha value is -1.60. The molecule has 0 saturated carbocycles. The SMILES string of the molecule is O=[N+]([O-])c1cccc(Cl)c1NC1C=CS(=O)(=O)C1. The van der Waals surface area contributed by atoms with Gasteiger partial charge < -0.3 is 5.32 Å². The Labute approximate surface area is 108 Å². The first-order chi connectivity index (χ1) is 8.39. The highest BCUT2D eigenvalue weighted by molar-refractivity contribution is 7.94. The number of sulfone groups is 1. The number of hydrogen-bond donors (Lipinski definition) is 1. The summed E-state index contributed by atoms with van der Waals surface area (Å²) in [6.45, 7) is 0. The summed E-state index contributed by atoms with van der Waals surface area (Å²) in [4.78, 5) is 10.3. The Morgan fingerprint density at radius 1 is 1.44 bits per heavy atom. The first-order valence-electron chi connectivity index (χ1n) is 4.99. The Bertz CT molecular complexity index is 627. The summed E-state index contributed by atoms with van der Waals surface area (Å²) in [6, 6.07) is 3.77. The molecule has 1 unspecified atom stereocenters. The number of nitrogens with one attached hydrogen (secondary N) is 1. The van der Waals surface area contributed by atoms with Gasteiger partial charge in [0.1, 0.15) is 5.69 Å². The van der Waals surface area contributed by atoms with E-state index in [4.69, 9.17) is 11.6 Å². The molecule has 96 valence electrons. The zero-order valence-corrected chi connectivity index (χ0v) is 10.6. The van der Waals surface area contributed by atoms with Gasteiger partial charge in [-0.15, -0.1) is 0 Å². The van der Waals surface area contributed by atoms with Gasteiger partial charge in [-0.05, 0) is 6.07 Å². The third kappa shape index (κ3) is 2.62. The molecule has 1 aliphatic rings. The third-order valence-electron chi connectivity index (χ3n) is 2.45. The Morgan fingerprint density at radius 2 is 2.17 bits per heavy atom. The van der Waals surface area contributed by atoms with E-state index in [1.165, 1.54) is 24.3 Å². The van der Waals surface area contributed by atoms with E-state index in [1.54, 1.807) is 0 Å². The van der Waals surface area contributed by atoms with E-state index < -0.39 is 20.8 Å². The van der Waals surface area contributed by atoms with Gasteiger partial charge in [0, 0.05) is 11.5 Å². The molecule has 0 amide bonds. The van der Waals surface area contributed by atoms with Crippen LogP contribution in [0, 0.1) is 10.1 Å². The number of para-hydroxylation sites is 1. The average Bonchev–Trinajstić information content (AvgIpc) is 2.61. The number of halogens is 1. The first-order valence-corrected chi connectivity index (χ1v) is 7.09. The van der Waals surface area contributed by atoms with Gasteiger partial charge >= 0.3 is 0 Å². The predicted molar refractivity (Wildman–Crippen MR) is 68.4 cm³/mol. The van der Waals surface area contributed by atoms with Crippen LogP contribution in [0.5, 0.6) is 0 Å². The minimum atomic E-state index is -3.22. The van der Waals surface area contributed by atoms with Crippen molar-refractivity contribution in [2.45, 2.75) is 6.04 Å². The van der Waals surface area contributed by atoms with E-state index in [9.17, 15) is 18.5 Å². The van der Waals surface area contributed by atoms with Crippen molar-refractivity contribution in [3.63, 3.8) is 0 Å². The zero-order valence-electron chi connectivity index (χ0n) is 9.04. The van der Waals surface area contributed by atoms with Crippen molar-refractivity contribution >= 4 is 32.8 Å². The summed E-state index contributed by atoms with van der Waals surface area (Å²) in [7, 11) is -3.22. The number of nitro benzene ring substituents is 1. The fraction of sp³-hybridized carbons (Fsp3) is 0.200. The van der Waals surface area contributed by atoms with E-state index in [-0.39, 0.29) is 22.2 Å². The second-order valence-corrected chi connectivity index (χ2v) is 6.14. The van der Waals surface area contributed by atoms with Crippen molar-refractivity contribution in [1.29, 1.82) is 0 Å². The lowest BCUT2D eigenvalue weighted by atomic mass is 10.2. The van der Waals surface area contributed by atoms with Crippen molar-refractivity contribution in [1.82, 2.24) is 0 Å². The molecule has 0 fully saturated rings. The second kappa shape index (κ2) is 4.58. The van der Waals surface area contributed by atoms with Crippen molar-refractivity contribution in [2.24, 2.45) is 0 Å². The molecule has 1 aliphatic heterocycles. The van der Waals surface area contributed by atoms with Crippen LogP contribution in [0.25, 0.3) is 0 Å². The van der Waals surface area contributed by atoms with Crippen LogP contribution in [-0.2, 0) is 9.84 Å². The maximum atomic E-state index is 11.2. The van der Waals surface area contributed by atoms with Crippen molar-refractivity contribution in [2.75, 3.05) is 11.1 Å². The van der Waals surface area contributed by atoms with Crippen LogP contribution in [0.2, 0.25) is 5.02 Å². The van der Waals surface area contributed by atoms with Gasteiger partial charge in [0.05, 0.1) is 21.7 Å². The molecule has 0 aromatic heterocycles. The van der Waals surface area contributed by atoms with Crippen LogP contribution in [0.15, 0.2) is 29.7 Å². The highest BCUT2D eigenvalue weighted by atomic mass is 35.5. The highest BCUT2D eigenvalue weighted by Crippen LogP contribution is 2.33. The summed E-state index contributed by atoms with van der Waals surface area (Å²) in [5.74, 6) is -0.130. The van der Waals surface area contributed by atoms with Crippen molar-refractivity contribution in [3.05, 3.63) is 44.8 Å². The minimum Gasteiger partial charge on any atom is -0.371 e. The molecule has 0 radical (unpaired) electrons. The van der Waals surface area contributed by atoms with Gasteiger partial charge in [0.15, 0.2) is 9.84 Å². The fourth-order valence-electron chi connectivity index (χ4n) is 1.66. The lowest BCUT2D eigenvalue weighted by Crippen LogP contribution is -2.21. The molecule has 8 heteroatoms. The summed E-state index contributed by atoms with van der Waals surface area (Å²) in [5, 5.41) is 14.9. The molecule has 2 rings (SSSR count). The fourth-order valence-corrected chi connectivity index (χ4v) is 3.12. The molecular weight excluding hydrogens is 280 g/mol. The molecule has 1 N–H and O–H groups in total. The molecular formula is C10H9ClN2O4S. The smallest absolute Gasteiger partial charge is 0.293 e. The molecule has 0 aliphatic carbocycles. The van der Waals surface area contributed by atoms with E-state index in [1.807, 2.05) is 0 Å². The van der Waals surface area contributed by atoms with Crippen LogP contribution < -0.4 is 5.32 Å². The summed E-state index contributed by atoms with van der Waals surface area (Å²) in [6.07, 6.45) is 1.45. The molecule has 1 aromatic carbocycles. The minimum absolute atomic E-state index is 0.130. The topological polar surface area (TPSA) is 89.3 Å². The number of nitro groups is 1. The van der Waals surface area contributed by atoms with Crippen LogP contribution in [0.1, 0.15) is 0 Å². The Morgan fingerprint density at radius 3 is 2.72 bits per heavy atom. The van der Waals surface area contributed by atoms with Crippen LogP contribution in [0.4, 0.5) is 11.4 Å². The number of benzene rings is 1. The van der Waals surface area contributed by atoms with Gasteiger partial charge in [-0.25, -0.2) is 8.42 Å². The molecule has 0 spiro atoms. The monoisotopic (exact) mass is 288 g/mol. The summed E-state index contributed by atoms with van der Waals surface area (Å²) in [5.41, 5.74) is -0.0453. The van der Waals surface area contributed by atoms with E-state index in [0.29, 0.717) is 0 Å². The van der Waals surface area contributed by atoms with Gasteiger partial charge in [-0.1, -0.05) is 23.7 Å². The predicted octanol–water partition coefficient (Wildman–Crippen LogP) is 1.97. The highest BCUT2D eigenvalue weighted by Gasteiger charge is 2.25. The van der Waals surface area contributed by atoms with E-state index in [2.05, 4.69) is 5.32 Å². The quantitative estimate of drug-likeness (QED) is 0.678. The Balaban J connectivity index is 2.30. The van der Waals surface area contributed by atoms with Crippen molar-refractivity contribution in [3.8, 4) is 0 Å². The normalized spacial score (nSPS) is 20.8. The summed E-state index contributed by atoms with van der Waals surface area (Å²) < 4.78 is 22.5. The lowest BCUT2D eigenvalue weighted by molar-refractivity contribution is -0.384. The third-order valence-corrected chi connectivity index (χ3v) is 4.16. The number of rotatable bonds is 3. The molecule has 1 heterocycles. The lowest BCUT2D eigenvalue weighted by Gasteiger charge is -2.12. The van der Waals surface area contributed by atoms with Gasteiger partial charge in [0.25, 0.3) is 5.69 Å². The van der Waals surface area contributed by atoms with E-state index >= 15 is 0 Å². The maximum Gasteiger partial charge on any atom is 0.293 e. The Kier molecular flexibility index (Phi) is 3.27. The molecule has 0 bridgehead atoms. The largest absolute Gasteiger partial charge is 0.371 e. The average molecular weight is 289 g/mol. The van der Waals surface area contributed by atoms with Crippen LogP contribution in [-0.4, -0.2) is 25.1 Å². The maximum absolute atomic E-state index is 11.2. The van der Waals surface area contributed by atoms with Crippen LogP contribution in [0.3, 0.4) is 0 Å². The molecule has 6 nitrogen and oxygen atoms in total. The molecule has 1 atom stereocenters. The first kappa shape index (κ1) is 12.8. The number of hydrogen-bond acceptors (Lipinski definition) is 5. The standard InChI is InChI=1S/C10H9ClN2O4S/c11-8-2-1-3-9(13(14)15)10(8)12-7-4-5-18(16,17)6-7/h1-5,7,12H,6H2. The second-order valence-electron chi connectivity index (χ2n) is 3.80. The van der Waals surface area contributed by atoms with Gasteiger partial charge in [-0.2, -0.15) is 0 Å². The molecule has 0 saturated heterocycles. The van der Waals surface area contributed by atoms with Gasteiger partial charge in [-0.3, -0.25) is 10.1 Å². The van der Waals surface area contributed by atoms with E-state index in [0.717, 1.165) is 5.41 Å². The number of anilines is 1. The number of nitrogens with zero attached hydrogens (tertiary/aromatic N) is 1. The van der Waals surface area contributed by atoms with Gasteiger partial charge in [0.2, 0.25) is 0 Å². The molecule has 18 heavy (non-hydrogen) atoms. The zero-order chi connectivity index (χ0) is 13.3. The molecule has 1 aromatic rings.